The standard InChI is InChI=1S/C20H26FNO4/c1-2-25-19(24)20(14-15-5-3-6-16(21)13-15)8-10-22(11-9-20)18(23)17-7-4-12-26-17/h3,5-6,13,17H,2,4,7-12,14H2,1H3. The van der Waals surface area contributed by atoms with E-state index in [-0.39, 0.29) is 23.8 Å². The van der Waals surface area contributed by atoms with Crippen molar-refractivity contribution < 1.29 is 23.5 Å². The van der Waals surface area contributed by atoms with Gasteiger partial charge in [-0.2, -0.15) is 0 Å². The third-order valence-electron chi connectivity index (χ3n) is 5.38. The first-order valence-electron chi connectivity index (χ1n) is 9.36. The maximum atomic E-state index is 13.6. The van der Waals surface area contributed by atoms with Crippen molar-refractivity contribution in [2.75, 3.05) is 26.3 Å². The summed E-state index contributed by atoms with van der Waals surface area (Å²) in [4.78, 5) is 27.0. The lowest BCUT2D eigenvalue weighted by Crippen LogP contribution is -2.50. The Morgan fingerprint density at radius 2 is 2.12 bits per heavy atom. The molecule has 5 nitrogen and oxygen atoms in total. The molecule has 0 saturated carbocycles. The third-order valence-corrected chi connectivity index (χ3v) is 5.38. The van der Waals surface area contributed by atoms with Gasteiger partial charge in [-0.15, -0.1) is 0 Å². The highest BCUT2D eigenvalue weighted by atomic mass is 19.1. The van der Waals surface area contributed by atoms with Crippen LogP contribution in [0.4, 0.5) is 4.39 Å². The first-order chi connectivity index (χ1) is 12.5. The van der Waals surface area contributed by atoms with Crippen LogP contribution >= 0.6 is 0 Å². The molecule has 0 N–H and O–H groups in total. The fraction of sp³-hybridized carbons (Fsp3) is 0.600. The molecule has 2 heterocycles. The molecule has 0 aliphatic carbocycles. The number of halogens is 1. The van der Waals surface area contributed by atoms with E-state index in [1.807, 2.05) is 6.07 Å². The number of ether oxygens (including phenoxy) is 2. The van der Waals surface area contributed by atoms with Crippen LogP contribution in [0.1, 0.15) is 38.2 Å². The molecule has 1 aromatic rings. The molecule has 1 aromatic carbocycles. The number of rotatable bonds is 5. The molecule has 1 atom stereocenters. The lowest BCUT2D eigenvalue weighted by molar-refractivity contribution is -0.161. The van der Waals surface area contributed by atoms with E-state index >= 15 is 0 Å². The molecule has 0 aromatic heterocycles. The number of carbonyl (C=O) groups excluding carboxylic acids is 2. The van der Waals surface area contributed by atoms with Crippen molar-refractivity contribution in [3.05, 3.63) is 35.6 Å². The fourth-order valence-corrected chi connectivity index (χ4v) is 3.91. The van der Waals surface area contributed by atoms with Crippen LogP contribution in [0.15, 0.2) is 24.3 Å². The number of nitrogens with zero attached hydrogens (tertiary/aromatic N) is 1. The molecule has 3 rings (SSSR count). The predicted octanol–water partition coefficient (Wildman–Crippen LogP) is 2.72. The van der Waals surface area contributed by atoms with Gasteiger partial charge in [0.2, 0.25) is 0 Å². The first kappa shape index (κ1) is 18.8. The van der Waals surface area contributed by atoms with E-state index in [2.05, 4.69) is 0 Å². The Labute approximate surface area is 153 Å². The number of amides is 1. The maximum Gasteiger partial charge on any atom is 0.312 e. The number of carbonyl (C=O) groups is 2. The smallest absolute Gasteiger partial charge is 0.312 e. The van der Waals surface area contributed by atoms with Gasteiger partial charge >= 0.3 is 5.97 Å². The highest BCUT2D eigenvalue weighted by Gasteiger charge is 2.44. The number of esters is 1. The highest BCUT2D eigenvalue weighted by molar-refractivity contribution is 5.82. The number of hydrogen-bond donors (Lipinski definition) is 0. The van der Waals surface area contributed by atoms with Gasteiger partial charge in [0.05, 0.1) is 12.0 Å². The lowest BCUT2D eigenvalue weighted by atomic mass is 9.73. The molecule has 6 heteroatoms. The van der Waals surface area contributed by atoms with Crippen LogP contribution in [0.5, 0.6) is 0 Å². The Kier molecular flexibility index (Phi) is 5.91. The molecule has 0 bridgehead atoms. The maximum absolute atomic E-state index is 13.6. The van der Waals surface area contributed by atoms with E-state index in [0.717, 1.165) is 18.4 Å². The van der Waals surface area contributed by atoms with E-state index in [4.69, 9.17) is 9.47 Å². The summed E-state index contributed by atoms with van der Waals surface area (Å²) in [7, 11) is 0. The zero-order valence-corrected chi connectivity index (χ0v) is 15.2. The first-order valence-corrected chi connectivity index (χ1v) is 9.36. The third kappa shape index (κ3) is 4.06. The van der Waals surface area contributed by atoms with E-state index in [0.29, 0.717) is 45.6 Å². The molecule has 2 fully saturated rings. The summed E-state index contributed by atoms with van der Waals surface area (Å²) in [5.74, 6) is -0.549. The average molecular weight is 363 g/mol. The van der Waals surface area contributed by atoms with Gasteiger partial charge < -0.3 is 14.4 Å². The van der Waals surface area contributed by atoms with Crippen molar-refractivity contribution in [2.24, 2.45) is 5.41 Å². The molecule has 0 spiro atoms. The highest BCUT2D eigenvalue weighted by Crippen LogP contribution is 2.37. The Bertz CT molecular complexity index is 649. The van der Waals surface area contributed by atoms with Gasteiger partial charge in [0, 0.05) is 19.7 Å². The van der Waals surface area contributed by atoms with Gasteiger partial charge in [-0.05, 0) is 56.7 Å². The lowest BCUT2D eigenvalue weighted by Gasteiger charge is -2.40. The zero-order valence-electron chi connectivity index (χ0n) is 15.2. The van der Waals surface area contributed by atoms with Crippen LogP contribution in [0.3, 0.4) is 0 Å². The van der Waals surface area contributed by atoms with Gasteiger partial charge in [-0.3, -0.25) is 9.59 Å². The SMILES string of the molecule is CCOC(=O)C1(Cc2cccc(F)c2)CCN(C(=O)C2CCCO2)CC1. The second-order valence-corrected chi connectivity index (χ2v) is 7.13. The summed E-state index contributed by atoms with van der Waals surface area (Å²) in [6.07, 6.45) is 2.79. The summed E-state index contributed by atoms with van der Waals surface area (Å²) in [5, 5.41) is 0. The molecule has 2 aliphatic heterocycles. The second-order valence-electron chi connectivity index (χ2n) is 7.13. The Hall–Kier alpha value is -1.95. The molecule has 2 aliphatic rings. The summed E-state index contributed by atoms with van der Waals surface area (Å²) < 4.78 is 24.4. The quantitative estimate of drug-likeness (QED) is 0.755. The largest absolute Gasteiger partial charge is 0.466 e. The van der Waals surface area contributed by atoms with Crippen LogP contribution in [-0.4, -0.2) is 49.2 Å². The number of benzene rings is 1. The van der Waals surface area contributed by atoms with Crippen LogP contribution in [0, 0.1) is 11.2 Å². The Morgan fingerprint density at radius 1 is 1.35 bits per heavy atom. The second kappa shape index (κ2) is 8.16. The van der Waals surface area contributed by atoms with E-state index < -0.39 is 5.41 Å². The normalized spacial score (nSPS) is 22.2. The van der Waals surface area contributed by atoms with E-state index in [1.165, 1.54) is 12.1 Å². The van der Waals surface area contributed by atoms with Crippen molar-refractivity contribution in [2.45, 2.75) is 45.1 Å². The average Bonchev–Trinajstić information content (AvgIpc) is 3.16. The van der Waals surface area contributed by atoms with E-state index in [9.17, 15) is 14.0 Å². The van der Waals surface area contributed by atoms with Crippen molar-refractivity contribution >= 4 is 11.9 Å². The minimum absolute atomic E-state index is 0.0192. The van der Waals surface area contributed by atoms with Crippen LogP contribution in [0.2, 0.25) is 0 Å². The number of likely N-dealkylation sites (tertiary alicyclic amines) is 1. The molecule has 0 radical (unpaired) electrons. The van der Waals surface area contributed by atoms with Crippen molar-refractivity contribution in [3.8, 4) is 0 Å². The molecular formula is C20H26FNO4. The molecule has 2 saturated heterocycles. The topological polar surface area (TPSA) is 55.8 Å². The number of hydrogen-bond acceptors (Lipinski definition) is 4. The Balaban J connectivity index is 1.72. The van der Waals surface area contributed by atoms with Crippen LogP contribution < -0.4 is 0 Å². The molecule has 1 unspecified atom stereocenters. The van der Waals surface area contributed by atoms with Crippen molar-refractivity contribution in [1.82, 2.24) is 4.90 Å². The van der Waals surface area contributed by atoms with Crippen LogP contribution in [0.25, 0.3) is 0 Å². The monoisotopic (exact) mass is 363 g/mol. The molecule has 26 heavy (non-hydrogen) atoms. The minimum atomic E-state index is -0.711. The summed E-state index contributed by atoms with van der Waals surface area (Å²) in [6, 6.07) is 6.34. The molecular weight excluding hydrogens is 337 g/mol. The Morgan fingerprint density at radius 3 is 2.73 bits per heavy atom. The van der Waals surface area contributed by atoms with Crippen LogP contribution in [-0.2, 0) is 25.5 Å². The molecule has 142 valence electrons. The van der Waals surface area contributed by atoms with Crippen molar-refractivity contribution in [1.29, 1.82) is 0 Å². The van der Waals surface area contributed by atoms with Crippen molar-refractivity contribution in [3.63, 3.8) is 0 Å². The fourth-order valence-electron chi connectivity index (χ4n) is 3.91. The minimum Gasteiger partial charge on any atom is -0.466 e. The summed E-state index contributed by atoms with van der Waals surface area (Å²) >= 11 is 0. The van der Waals surface area contributed by atoms with Gasteiger partial charge in [0.25, 0.3) is 5.91 Å². The molecule has 1 amide bonds. The number of piperidine rings is 1. The van der Waals surface area contributed by atoms with Gasteiger partial charge in [-0.1, -0.05) is 12.1 Å². The van der Waals surface area contributed by atoms with Gasteiger partial charge in [-0.25, -0.2) is 4.39 Å². The summed E-state index contributed by atoms with van der Waals surface area (Å²) in [5.41, 5.74) is 0.0638. The summed E-state index contributed by atoms with van der Waals surface area (Å²) in [6.45, 7) is 3.71. The van der Waals surface area contributed by atoms with Gasteiger partial charge in [0.15, 0.2) is 0 Å². The van der Waals surface area contributed by atoms with Gasteiger partial charge in [0.1, 0.15) is 11.9 Å². The predicted molar refractivity (Wildman–Crippen MR) is 94.0 cm³/mol. The van der Waals surface area contributed by atoms with E-state index in [1.54, 1.807) is 17.9 Å². The zero-order chi connectivity index (χ0) is 18.6.